The summed E-state index contributed by atoms with van der Waals surface area (Å²) in [6, 6.07) is 6.15. The molecule has 0 spiro atoms. The molecule has 1 aliphatic rings. The zero-order valence-corrected chi connectivity index (χ0v) is 12.7. The molecule has 0 bridgehead atoms. The maximum absolute atomic E-state index is 11.6. The van der Waals surface area contributed by atoms with Gasteiger partial charge in [-0.3, -0.25) is 0 Å². The highest BCUT2D eigenvalue weighted by Crippen LogP contribution is 2.32. The maximum Gasteiger partial charge on any atom is 0.338 e. The third kappa shape index (κ3) is 3.46. The molecular formula is C15H21NO7. The lowest BCUT2D eigenvalue weighted by Gasteiger charge is -2.32. The zero-order chi connectivity index (χ0) is 17.0. The van der Waals surface area contributed by atoms with Gasteiger partial charge in [0.1, 0.15) is 18.3 Å². The van der Waals surface area contributed by atoms with E-state index in [1.165, 1.54) is 12.1 Å². The van der Waals surface area contributed by atoms with Crippen molar-refractivity contribution in [1.82, 2.24) is 0 Å². The van der Waals surface area contributed by atoms with Crippen LogP contribution in [0, 0.1) is 0 Å². The first kappa shape index (κ1) is 17.6. The predicted molar refractivity (Wildman–Crippen MR) is 79.8 cm³/mol. The molecule has 5 N–H and O–H groups in total. The van der Waals surface area contributed by atoms with Crippen molar-refractivity contribution in [1.29, 1.82) is 0 Å². The van der Waals surface area contributed by atoms with Crippen LogP contribution in [0.15, 0.2) is 24.3 Å². The zero-order valence-electron chi connectivity index (χ0n) is 12.7. The van der Waals surface area contributed by atoms with E-state index in [1.807, 2.05) is 0 Å². The quantitative estimate of drug-likeness (QED) is 0.424. The molecule has 1 aliphatic heterocycles. The lowest BCUT2D eigenvalue weighted by atomic mass is 10.0. The van der Waals surface area contributed by atoms with Crippen LogP contribution in [-0.2, 0) is 9.47 Å². The van der Waals surface area contributed by atoms with Gasteiger partial charge in [0.2, 0.25) is 0 Å². The van der Waals surface area contributed by atoms with Crippen LogP contribution < -0.4 is 5.32 Å². The van der Waals surface area contributed by atoms with Crippen molar-refractivity contribution in [3.05, 3.63) is 29.8 Å². The van der Waals surface area contributed by atoms with E-state index in [-0.39, 0.29) is 6.61 Å². The van der Waals surface area contributed by atoms with Crippen molar-refractivity contribution in [3.8, 4) is 0 Å². The number of aliphatic hydroxyl groups excluding tert-OH is 4. The molecule has 1 aromatic carbocycles. The van der Waals surface area contributed by atoms with Gasteiger partial charge >= 0.3 is 5.97 Å². The summed E-state index contributed by atoms with van der Waals surface area (Å²) in [5.41, 5.74) is -0.827. The highest BCUT2D eigenvalue weighted by atomic mass is 16.6. The number of aliphatic hydroxyl groups is 4. The molecule has 0 radical (unpaired) electrons. The molecule has 1 heterocycles. The molecule has 2 rings (SSSR count). The second-order valence-electron chi connectivity index (χ2n) is 5.24. The molecule has 0 amide bonds. The van der Waals surface area contributed by atoms with Crippen molar-refractivity contribution in [2.75, 3.05) is 25.1 Å². The fraction of sp³-hybridized carbons (Fsp3) is 0.533. The second kappa shape index (κ2) is 7.24. The van der Waals surface area contributed by atoms with Gasteiger partial charge in [-0.1, -0.05) is 0 Å². The number of hydrogen-bond acceptors (Lipinski definition) is 8. The van der Waals surface area contributed by atoms with Gasteiger partial charge in [-0.25, -0.2) is 4.79 Å². The summed E-state index contributed by atoms with van der Waals surface area (Å²) in [6.07, 6.45) is -3.78. The van der Waals surface area contributed by atoms with Crippen LogP contribution in [0.5, 0.6) is 0 Å². The van der Waals surface area contributed by atoms with Crippen LogP contribution in [-0.4, -0.2) is 70.3 Å². The molecule has 23 heavy (non-hydrogen) atoms. The van der Waals surface area contributed by atoms with Crippen LogP contribution in [0.3, 0.4) is 0 Å². The Morgan fingerprint density at radius 3 is 2.43 bits per heavy atom. The first-order valence-electron chi connectivity index (χ1n) is 7.28. The van der Waals surface area contributed by atoms with Crippen LogP contribution >= 0.6 is 0 Å². The fourth-order valence-electron chi connectivity index (χ4n) is 2.46. The third-order valence-electron chi connectivity index (χ3n) is 3.71. The molecule has 8 heteroatoms. The Hall–Kier alpha value is -1.71. The largest absolute Gasteiger partial charge is 0.462 e. The van der Waals surface area contributed by atoms with E-state index in [0.717, 1.165) is 0 Å². The molecule has 1 fully saturated rings. The highest BCUT2D eigenvalue weighted by molar-refractivity contribution is 5.89. The Labute approximate surface area is 133 Å². The Morgan fingerprint density at radius 1 is 1.30 bits per heavy atom. The summed E-state index contributed by atoms with van der Waals surface area (Å²) < 4.78 is 10.3. The standard InChI is InChI=1S/C15H21NO7/c1-2-22-14(21)9-3-5-10(6-4-9)16-15(8-18)13(20)12(19)11(7-17)23-15/h3-6,11-13,16-20H,2,7-8H2,1H3/t11-,12?,13?,15-/m1/s1. The maximum atomic E-state index is 11.6. The molecule has 8 nitrogen and oxygen atoms in total. The average Bonchev–Trinajstić information content (AvgIpc) is 2.81. The smallest absolute Gasteiger partial charge is 0.338 e. The Balaban J connectivity index is 2.15. The summed E-state index contributed by atoms with van der Waals surface area (Å²) in [7, 11) is 0. The number of carbonyl (C=O) groups is 1. The number of esters is 1. The van der Waals surface area contributed by atoms with Gasteiger partial charge in [0.25, 0.3) is 0 Å². The van der Waals surface area contributed by atoms with Crippen molar-refractivity contribution in [2.24, 2.45) is 0 Å². The minimum Gasteiger partial charge on any atom is -0.462 e. The molecule has 0 aliphatic carbocycles. The van der Waals surface area contributed by atoms with Crippen molar-refractivity contribution >= 4 is 11.7 Å². The molecule has 0 aromatic heterocycles. The van der Waals surface area contributed by atoms with Gasteiger partial charge < -0.3 is 35.2 Å². The third-order valence-corrected chi connectivity index (χ3v) is 3.71. The van der Waals surface area contributed by atoms with Crippen molar-refractivity contribution in [2.45, 2.75) is 31.0 Å². The number of anilines is 1. The second-order valence-corrected chi connectivity index (χ2v) is 5.24. The van der Waals surface area contributed by atoms with Gasteiger partial charge in [-0.05, 0) is 31.2 Å². The van der Waals surface area contributed by atoms with E-state index in [1.54, 1.807) is 19.1 Å². The Kier molecular flexibility index (Phi) is 5.55. The number of benzene rings is 1. The topological polar surface area (TPSA) is 128 Å². The van der Waals surface area contributed by atoms with Crippen molar-refractivity contribution in [3.63, 3.8) is 0 Å². The summed E-state index contributed by atoms with van der Waals surface area (Å²) in [5, 5.41) is 41.4. The van der Waals surface area contributed by atoms with E-state index in [2.05, 4.69) is 5.32 Å². The molecular weight excluding hydrogens is 306 g/mol. The summed E-state index contributed by atoms with van der Waals surface area (Å²) in [6.45, 7) is 0.859. The fourth-order valence-corrected chi connectivity index (χ4v) is 2.46. The molecule has 2 unspecified atom stereocenters. The number of nitrogens with one attached hydrogen (secondary N) is 1. The molecule has 1 aromatic rings. The number of carbonyl (C=O) groups excluding carboxylic acids is 1. The number of rotatable bonds is 6. The van der Waals surface area contributed by atoms with Gasteiger partial charge in [0.15, 0.2) is 5.72 Å². The van der Waals surface area contributed by atoms with E-state index in [9.17, 15) is 20.1 Å². The monoisotopic (exact) mass is 327 g/mol. The summed E-state index contributed by atoms with van der Waals surface area (Å²) >= 11 is 0. The van der Waals surface area contributed by atoms with Crippen LogP contribution in [0.2, 0.25) is 0 Å². The first-order valence-corrected chi connectivity index (χ1v) is 7.28. The average molecular weight is 327 g/mol. The Morgan fingerprint density at radius 2 is 1.96 bits per heavy atom. The van der Waals surface area contributed by atoms with Gasteiger partial charge in [-0.2, -0.15) is 0 Å². The van der Waals surface area contributed by atoms with Crippen LogP contribution in [0.4, 0.5) is 5.69 Å². The van der Waals surface area contributed by atoms with E-state index in [0.29, 0.717) is 11.3 Å². The summed E-state index contributed by atoms with van der Waals surface area (Å²) in [5.74, 6) is -0.455. The van der Waals surface area contributed by atoms with Crippen LogP contribution in [0.25, 0.3) is 0 Å². The summed E-state index contributed by atoms with van der Waals surface area (Å²) in [4.78, 5) is 11.6. The van der Waals surface area contributed by atoms with Gasteiger partial charge in [-0.15, -0.1) is 0 Å². The SMILES string of the molecule is CCOC(=O)c1ccc(N[C@]2(CO)O[C@H](CO)C(O)C2O)cc1. The lowest BCUT2D eigenvalue weighted by Crippen LogP contribution is -2.52. The minimum atomic E-state index is -1.64. The van der Waals surface area contributed by atoms with E-state index >= 15 is 0 Å². The van der Waals surface area contributed by atoms with Gasteiger partial charge in [0.05, 0.1) is 25.4 Å². The van der Waals surface area contributed by atoms with E-state index in [4.69, 9.17) is 14.6 Å². The number of ether oxygens (including phenoxy) is 2. The van der Waals surface area contributed by atoms with Crippen LogP contribution in [0.1, 0.15) is 17.3 Å². The molecule has 1 saturated heterocycles. The van der Waals surface area contributed by atoms with E-state index < -0.39 is 43.2 Å². The molecule has 0 saturated carbocycles. The first-order chi connectivity index (χ1) is 11.0. The highest BCUT2D eigenvalue weighted by Gasteiger charge is 2.54. The van der Waals surface area contributed by atoms with Gasteiger partial charge in [0, 0.05) is 5.69 Å². The number of hydrogen-bond donors (Lipinski definition) is 5. The molecule has 128 valence electrons. The normalized spacial score (nSPS) is 30.2. The molecule has 4 atom stereocenters. The predicted octanol–water partition coefficient (Wildman–Crippen LogP) is -0.923. The van der Waals surface area contributed by atoms with Crippen molar-refractivity contribution < 1.29 is 34.7 Å². The Bertz CT molecular complexity index is 535. The minimum absolute atomic E-state index is 0.271. The lowest BCUT2D eigenvalue weighted by molar-refractivity contribution is -0.0999.